The molecule has 0 amide bonds. The third kappa shape index (κ3) is 3.84. The largest absolute Gasteiger partial charge is 0.544 e. The van der Waals surface area contributed by atoms with Gasteiger partial charge in [-0.15, -0.1) is 0 Å². The normalized spacial score (nSPS) is 19.2. The van der Waals surface area contributed by atoms with Crippen LogP contribution in [0.3, 0.4) is 0 Å². The summed E-state index contributed by atoms with van der Waals surface area (Å²) >= 11 is 0. The Morgan fingerprint density at radius 1 is 1.05 bits per heavy atom. The first-order chi connectivity index (χ1) is 8.97. The maximum atomic E-state index is 6.39. The zero-order valence-electron chi connectivity index (χ0n) is 12.3. The fourth-order valence-corrected chi connectivity index (χ4v) is 3.29. The molecule has 0 N–H and O–H groups in total. The molecule has 0 spiro atoms. The Morgan fingerprint density at radius 3 is 2.26 bits per heavy atom. The second kappa shape index (κ2) is 5.79. The zero-order valence-corrected chi connectivity index (χ0v) is 13.3. The Labute approximate surface area is 118 Å². The topological polar surface area (TPSA) is 9.23 Å². The first-order valence-electron chi connectivity index (χ1n) is 7.13. The molecule has 1 aromatic carbocycles. The molecule has 0 atom stereocenters. The van der Waals surface area contributed by atoms with Gasteiger partial charge >= 0.3 is 0 Å². The van der Waals surface area contributed by atoms with E-state index in [4.69, 9.17) is 4.43 Å². The minimum atomic E-state index is -1.62. The first-order valence-corrected chi connectivity index (χ1v) is 10.5. The lowest BCUT2D eigenvalue weighted by Crippen LogP contribution is -2.25. The summed E-state index contributed by atoms with van der Waals surface area (Å²) in [5.74, 6) is 1.09. The highest BCUT2D eigenvalue weighted by atomic mass is 28.4. The summed E-state index contributed by atoms with van der Waals surface area (Å²) in [4.78, 5) is 0. The molecule has 1 aliphatic carbocycles. The SMILES string of the molecule is C=C1CCCC/C1=C(/O[Si](C)(C)C)c1ccccc1. The van der Waals surface area contributed by atoms with Gasteiger partial charge in [0.1, 0.15) is 5.76 Å². The van der Waals surface area contributed by atoms with Gasteiger partial charge in [0, 0.05) is 5.56 Å². The van der Waals surface area contributed by atoms with E-state index in [1.165, 1.54) is 29.6 Å². The molecule has 0 heterocycles. The summed E-state index contributed by atoms with van der Waals surface area (Å²) in [7, 11) is -1.62. The van der Waals surface area contributed by atoms with Crippen molar-refractivity contribution in [1.82, 2.24) is 0 Å². The maximum Gasteiger partial charge on any atom is 0.242 e. The molecule has 0 aromatic heterocycles. The quantitative estimate of drug-likeness (QED) is 0.530. The average Bonchev–Trinajstić information content (AvgIpc) is 2.37. The van der Waals surface area contributed by atoms with Crippen LogP contribution in [0.1, 0.15) is 31.2 Å². The van der Waals surface area contributed by atoms with Crippen LogP contribution in [-0.2, 0) is 4.43 Å². The van der Waals surface area contributed by atoms with Gasteiger partial charge in [-0.1, -0.05) is 36.9 Å². The first kappa shape index (κ1) is 14.1. The maximum absolute atomic E-state index is 6.39. The Morgan fingerprint density at radius 2 is 1.68 bits per heavy atom. The molecule has 0 bridgehead atoms. The molecule has 0 saturated heterocycles. The van der Waals surface area contributed by atoms with Gasteiger partial charge in [0.25, 0.3) is 0 Å². The Bertz CT molecular complexity index is 480. The van der Waals surface area contributed by atoms with Gasteiger partial charge in [-0.2, -0.15) is 0 Å². The molecule has 1 aliphatic rings. The van der Waals surface area contributed by atoms with E-state index >= 15 is 0 Å². The fraction of sp³-hybridized carbons (Fsp3) is 0.412. The monoisotopic (exact) mass is 272 g/mol. The van der Waals surface area contributed by atoms with Gasteiger partial charge in [0.05, 0.1) is 0 Å². The van der Waals surface area contributed by atoms with Crippen molar-refractivity contribution in [2.45, 2.75) is 45.3 Å². The van der Waals surface area contributed by atoms with E-state index in [0.29, 0.717) is 0 Å². The zero-order chi connectivity index (χ0) is 13.9. The second-order valence-corrected chi connectivity index (χ2v) is 10.6. The summed E-state index contributed by atoms with van der Waals surface area (Å²) in [6, 6.07) is 10.5. The van der Waals surface area contributed by atoms with Crippen LogP contribution in [0.2, 0.25) is 19.6 Å². The summed E-state index contributed by atoms with van der Waals surface area (Å²) in [5.41, 5.74) is 3.81. The van der Waals surface area contributed by atoms with Crippen molar-refractivity contribution in [3.63, 3.8) is 0 Å². The number of hydrogen-bond acceptors (Lipinski definition) is 1. The predicted molar refractivity (Wildman–Crippen MR) is 85.4 cm³/mol. The van der Waals surface area contributed by atoms with Crippen molar-refractivity contribution >= 4 is 14.1 Å². The Hall–Kier alpha value is -1.28. The molecule has 0 aliphatic heterocycles. The van der Waals surface area contributed by atoms with E-state index in [1.807, 2.05) is 0 Å². The summed E-state index contributed by atoms with van der Waals surface area (Å²) in [5, 5.41) is 0. The average molecular weight is 272 g/mol. The minimum Gasteiger partial charge on any atom is -0.544 e. The van der Waals surface area contributed by atoms with Crippen molar-refractivity contribution < 1.29 is 4.43 Å². The van der Waals surface area contributed by atoms with E-state index in [2.05, 4.69) is 56.6 Å². The van der Waals surface area contributed by atoms with E-state index in [0.717, 1.165) is 18.6 Å². The number of rotatable bonds is 3. The smallest absolute Gasteiger partial charge is 0.242 e. The van der Waals surface area contributed by atoms with Crippen LogP contribution in [0.15, 0.2) is 48.1 Å². The highest BCUT2D eigenvalue weighted by Gasteiger charge is 2.23. The van der Waals surface area contributed by atoms with Crippen LogP contribution in [0.5, 0.6) is 0 Å². The molecule has 0 radical (unpaired) electrons. The van der Waals surface area contributed by atoms with Crippen molar-refractivity contribution in [3.05, 3.63) is 53.6 Å². The predicted octanol–water partition coefficient (Wildman–Crippen LogP) is 5.38. The lowest BCUT2D eigenvalue weighted by molar-refractivity contribution is 0.503. The molecule has 2 rings (SSSR count). The lowest BCUT2D eigenvalue weighted by atomic mass is 9.88. The second-order valence-electron chi connectivity index (χ2n) is 6.20. The summed E-state index contributed by atoms with van der Waals surface area (Å²) in [6.45, 7) is 11.0. The summed E-state index contributed by atoms with van der Waals surface area (Å²) < 4.78 is 6.39. The van der Waals surface area contributed by atoms with Gasteiger partial charge in [-0.25, -0.2) is 0 Å². The van der Waals surface area contributed by atoms with Crippen LogP contribution < -0.4 is 0 Å². The number of benzene rings is 1. The van der Waals surface area contributed by atoms with E-state index in [1.54, 1.807) is 0 Å². The summed E-state index contributed by atoms with van der Waals surface area (Å²) in [6.07, 6.45) is 4.73. The van der Waals surface area contributed by atoms with E-state index in [-0.39, 0.29) is 0 Å². The van der Waals surface area contributed by atoms with Crippen molar-refractivity contribution in [2.75, 3.05) is 0 Å². The third-order valence-corrected chi connectivity index (χ3v) is 4.12. The molecule has 1 nitrogen and oxygen atoms in total. The third-order valence-electron chi connectivity index (χ3n) is 3.30. The molecule has 2 heteroatoms. The Balaban J connectivity index is 2.45. The highest BCUT2D eigenvalue weighted by Crippen LogP contribution is 2.35. The van der Waals surface area contributed by atoms with Crippen molar-refractivity contribution in [1.29, 1.82) is 0 Å². The van der Waals surface area contributed by atoms with Gasteiger partial charge in [0.15, 0.2) is 0 Å². The van der Waals surface area contributed by atoms with Crippen LogP contribution in [-0.4, -0.2) is 8.32 Å². The fourth-order valence-electron chi connectivity index (χ4n) is 2.43. The standard InChI is InChI=1S/C17H24OSi/c1-14-10-8-9-13-16(14)17(18-19(2,3)4)15-11-6-5-7-12-15/h5-7,11-12H,1,8-10,13H2,2-4H3/b17-16-. The molecular weight excluding hydrogens is 248 g/mol. The molecule has 1 saturated carbocycles. The molecule has 1 aromatic rings. The van der Waals surface area contributed by atoms with Gasteiger partial charge in [-0.3, -0.25) is 0 Å². The van der Waals surface area contributed by atoms with Crippen molar-refractivity contribution in [3.8, 4) is 0 Å². The lowest BCUT2D eigenvalue weighted by Gasteiger charge is -2.27. The van der Waals surface area contributed by atoms with Crippen molar-refractivity contribution in [2.24, 2.45) is 0 Å². The van der Waals surface area contributed by atoms with Gasteiger partial charge in [-0.05, 0) is 56.5 Å². The van der Waals surface area contributed by atoms with Gasteiger partial charge in [0.2, 0.25) is 8.32 Å². The van der Waals surface area contributed by atoms with E-state index in [9.17, 15) is 0 Å². The van der Waals surface area contributed by atoms with E-state index < -0.39 is 8.32 Å². The Kier molecular flexibility index (Phi) is 4.30. The molecule has 102 valence electrons. The molecule has 19 heavy (non-hydrogen) atoms. The van der Waals surface area contributed by atoms with Gasteiger partial charge < -0.3 is 4.43 Å². The number of allylic oxidation sites excluding steroid dienone is 2. The van der Waals surface area contributed by atoms with Crippen LogP contribution in [0.4, 0.5) is 0 Å². The highest BCUT2D eigenvalue weighted by molar-refractivity contribution is 6.70. The molecule has 1 fully saturated rings. The van der Waals surface area contributed by atoms with Crippen LogP contribution >= 0.6 is 0 Å². The number of hydrogen-bond donors (Lipinski definition) is 0. The van der Waals surface area contributed by atoms with Crippen LogP contribution in [0, 0.1) is 0 Å². The minimum absolute atomic E-state index is 1.09. The molecule has 0 unspecified atom stereocenters. The van der Waals surface area contributed by atoms with Crippen LogP contribution in [0.25, 0.3) is 5.76 Å². The molecular formula is C17H24OSi.